The molecule has 1 heterocycles. The summed E-state index contributed by atoms with van der Waals surface area (Å²) >= 11 is 1.75. The number of rotatable bonds is 5. The van der Waals surface area contributed by atoms with Crippen molar-refractivity contribution in [3.63, 3.8) is 0 Å². The summed E-state index contributed by atoms with van der Waals surface area (Å²) in [4.78, 5) is 14.1. The topological polar surface area (TPSA) is 46.5 Å². The van der Waals surface area contributed by atoms with Gasteiger partial charge in [-0.3, -0.25) is 0 Å². The highest BCUT2D eigenvalue weighted by Gasteiger charge is 2.40. The van der Waals surface area contributed by atoms with Gasteiger partial charge >= 0.3 is 5.97 Å². The number of esters is 1. The number of ether oxygens (including phenoxy) is 1. The first-order valence-corrected chi connectivity index (χ1v) is 11.0. The molecule has 0 saturated carbocycles. The summed E-state index contributed by atoms with van der Waals surface area (Å²) in [5.41, 5.74) is 5.17. The number of aryl methyl sites for hydroxylation is 4. The third kappa shape index (κ3) is 4.69. The number of cyclic esters (lactones) is 1. The average Bonchev–Trinajstić information content (AvgIpc) is 2.62. The van der Waals surface area contributed by atoms with E-state index in [1.165, 1.54) is 10.5 Å². The summed E-state index contributed by atoms with van der Waals surface area (Å²) in [6.07, 6.45) is -0.0160. The SMILES string of the molecule is Cc1ccc(SCC(C)(C)C2CC(O)=C(c3c(C)cc(C)cc3C)C(=O)O2)cc1. The van der Waals surface area contributed by atoms with Crippen LogP contribution in [0.2, 0.25) is 0 Å². The molecule has 3 nitrogen and oxygen atoms in total. The smallest absolute Gasteiger partial charge is 0.342 e. The van der Waals surface area contributed by atoms with E-state index in [0.29, 0.717) is 12.0 Å². The first-order chi connectivity index (χ1) is 13.6. The maximum atomic E-state index is 12.9. The Hall–Kier alpha value is -2.20. The summed E-state index contributed by atoms with van der Waals surface area (Å²) in [5, 5.41) is 10.8. The molecule has 0 bridgehead atoms. The molecule has 1 unspecified atom stereocenters. The summed E-state index contributed by atoms with van der Waals surface area (Å²) < 4.78 is 5.87. The summed E-state index contributed by atoms with van der Waals surface area (Å²) in [7, 11) is 0. The Labute approximate surface area is 178 Å². The van der Waals surface area contributed by atoms with Gasteiger partial charge in [0.2, 0.25) is 0 Å². The van der Waals surface area contributed by atoms with Crippen molar-refractivity contribution < 1.29 is 14.6 Å². The minimum absolute atomic E-state index is 0.134. The average molecular weight is 411 g/mol. The van der Waals surface area contributed by atoms with E-state index < -0.39 is 5.97 Å². The van der Waals surface area contributed by atoms with E-state index in [1.54, 1.807) is 11.8 Å². The number of hydrogen-bond acceptors (Lipinski definition) is 4. The van der Waals surface area contributed by atoms with Crippen LogP contribution in [0.1, 0.15) is 48.1 Å². The van der Waals surface area contributed by atoms with Gasteiger partial charge in [-0.2, -0.15) is 0 Å². The van der Waals surface area contributed by atoms with Crippen molar-refractivity contribution >= 4 is 23.3 Å². The Balaban J connectivity index is 1.81. The van der Waals surface area contributed by atoms with Crippen LogP contribution in [0.25, 0.3) is 5.57 Å². The van der Waals surface area contributed by atoms with Gasteiger partial charge in [0.05, 0.1) is 0 Å². The highest BCUT2D eigenvalue weighted by Crippen LogP contribution is 2.40. The Kier molecular flexibility index (Phi) is 6.13. The van der Waals surface area contributed by atoms with E-state index in [9.17, 15) is 9.90 Å². The second kappa shape index (κ2) is 8.27. The molecule has 4 heteroatoms. The maximum Gasteiger partial charge on any atom is 0.342 e. The Bertz CT molecular complexity index is 932. The molecule has 2 aromatic carbocycles. The molecular weight excluding hydrogens is 380 g/mol. The van der Waals surface area contributed by atoms with Crippen LogP contribution in [0, 0.1) is 33.1 Å². The lowest BCUT2D eigenvalue weighted by atomic mass is 9.83. The molecule has 1 aliphatic rings. The minimum Gasteiger partial charge on any atom is -0.511 e. The van der Waals surface area contributed by atoms with Crippen LogP contribution < -0.4 is 0 Å². The van der Waals surface area contributed by atoms with E-state index >= 15 is 0 Å². The Morgan fingerprint density at radius 2 is 1.62 bits per heavy atom. The van der Waals surface area contributed by atoms with Gasteiger partial charge in [-0.05, 0) is 56.5 Å². The molecule has 0 amide bonds. The van der Waals surface area contributed by atoms with Crippen molar-refractivity contribution in [2.45, 2.75) is 59.0 Å². The molecule has 1 atom stereocenters. The van der Waals surface area contributed by atoms with Crippen molar-refractivity contribution in [1.29, 1.82) is 0 Å². The van der Waals surface area contributed by atoms with Gasteiger partial charge in [0.25, 0.3) is 0 Å². The van der Waals surface area contributed by atoms with Crippen LogP contribution in [0.3, 0.4) is 0 Å². The summed E-state index contributed by atoms with van der Waals surface area (Å²) in [6.45, 7) is 12.2. The predicted molar refractivity (Wildman–Crippen MR) is 120 cm³/mol. The molecule has 154 valence electrons. The molecular formula is C25H30O3S. The van der Waals surface area contributed by atoms with Crippen molar-refractivity contribution in [3.05, 3.63) is 70.0 Å². The third-order valence-corrected chi connectivity index (χ3v) is 7.05. The second-order valence-electron chi connectivity index (χ2n) is 8.78. The fraction of sp³-hybridized carbons (Fsp3) is 0.400. The molecule has 3 rings (SSSR count). The van der Waals surface area contributed by atoms with Gasteiger partial charge in [0, 0.05) is 22.5 Å². The molecule has 0 spiro atoms. The first-order valence-electron chi connectivity index (χ1n) is 9.99. The van der Waals surface area contributed by atoms with Gasteiger partial charge in [-0.1, -0.05) is 49.2 Å². The molecule has 1 aliphatic heterocycles. The lowest BCUT2D eigenvalue weighted by Gasteiger charge is -2.36. The highest BCUT2D eigenvalue weighted by atomic mass is 32.2. The van der Waals surface area contributed by atoms with E-state index in [2.05, 4.69) is 45.0 Å². The Morgan fingerprint density at radius 1 is 1.03 bits per heavy atom. The highest BCUT2D eigenvalue weighted by molar-refractivity contribution is 7.99. The van der Waals surface area contributed by atoms with Gasteiger partial charge in [0.1, 0.15) is 17.4 Å². The van der Waals surface area contributed by atoms with E-state index in [0.717, 1.165) is 28.0 Å². The molecule has 2 aromatic rings. The summed E-state index contributed by atoms with van der Waals surface area (Å²) in [6, 6.07) is 12.5. The maximum absolute atomic E-state index is 12.9. The standard InChI is InChI=1S/C25H30O3S/c1-15-7-9-19(10-8-15)29-14-25(5,6)21-13-20(26)23(24(27)28-21)22-17(3)11-16(2)12-18(22)4/h7-12,21,26H,13-14H2,1-6H3. The van der Waals surface area contributed by atoms with Gasteiger partial charge in [-0.25, -0.2) is 4.79 Å². The van der Waals surface area contributed by atoms with Crippen LogP contribution >= 0.6 is 11.8 Å². The van der Waals surface area contributed by atoms with Crippen LogP contribution in [-0.4, -0.2) is 22.9 Å². The monoisotopic (exact) mass is 410 g/mol. The second-order valence-corrected chi connectivity index (χ2v) is 9.83. The first kappa shape index (κ1) is 21.5. The van der Waals surface area contributed by atoms with Crippen LogP contribution in [0.5, 0.6) is 0 Å². The molecule has 0 aliphatic carbocycles. The fourth-order valence-corrected chi connectivity index (χ4v) is 4.93. The molecule has 0 saturated heterocycles. The number of benzene rings is 2. The minimum atomic E-state index is -0.429. The molecule has 29 heavy (non-hydrogen) atoms. The van der Waals surface area contributed by atoms with Crippen molar-refractivity contribution in [2.24, 2.45) is 5.41 Å². The van der Waals surface area contributed by atoms with E-state index in [-0.39, 0.29) is 17.3 Å². The number of thioether (sulfide) groups is 1. The third-order valence-electron chi connectivity index (χ3n) is 5.55. The largest absolute Gasteiger partial charge is 0.511 e. The quantitative estimate of drug-likeness (QED) is 0.462. The Morgan fingerprint density at radius 3 is 2.17 bits per heavy atom. The van der Waals surface area contributed by atoms with Crippen LogP contribution in [0.15, 0.2) is 47.1 Å². The normalized spacial score (nSPS) is 17.4. The zero-order valence-corrected chi connectivity index (χ0v) is 18.9. The van der Waals surface area contributed by atoms with Crippen LogP contribution in [0.4, 0.5) is 0 Å². The molecule has 0 aromatic heterocycles. The predicted octanol–water partition coefficient (Wildman–Crippen LogP) is 6.32. The van der Waals surface area contributed by atoms with Gasteiger partial charge in [-0.15, -0.1) is 11.8 Å². The van der Waals surface area contributed by atoms with Crippen molar-refractivity contribution in [3.8, 4) is 0 Å². The number of aliphatic hydroxyl groups excluding tert-OH is 1. The lowest BCUT2D eigenvalue weighted by Crippen LogP contribution is -2.39. The number of aliphatic hydroxyl groups is 1. The number of hydrogen-bond donors (Lipinski definition) is 1. The van der Waals surface area contributed by atoms with Crippen molar-refractivity contribution in [1.82, 2.24) is 0 Å². The van der Waals surface area contributed by atoms with Crippen molar-refractivity contribution in [2.75, 3.05) is 5.75 Å². The van der Waals surface area contributed by atoms with Crippen LogP contribution in [-0.2, 0) is 9.53 Å². The number of carbonyl (C=O) groups excluding carboxylic acids is 1. The summed E-state index contributed by atoms with van der Waals surface area (Å²) in [5.74, 6) is 0.496. The zero-order chi connectivity index (χ0) is 21.3. The fourth-order valence-electron chi connectivity index (χ4n) is 3.88. The van der Waals surface area contributed by atoms with Gasteiger partial charge < -0.3 is 9.84 Å². The number of carbonyl (C=O) groups is 1. The molecule has 0 radical (unpaired) electrons. The van der Waals surface area contributed by atoms with Gasteiger partial charge in [0.15, 0.2) is 0 Å². The molecule has 1 N–H and O–H groups in total. The van der Waals surface area contributed by atoms with E-state index in [4.69, 9.17) is 4.74 Å². The molecule has 0 fully saturated rings. The van der Waals surface area contributed by atoms with E-state index in [1.807, 2.05) is 32.9 Å². The lowest BCUT2D eigenvalue weighted by molar-refractivity contribution is -0.149. The zero-order valence-electron chi connectivity index (χ0n) is 18.1.